The summed E-state index contributed by atoms with van der Waals surface area (Å²) in [4.78, 5) is 16.3. The number of benzene rings is 8. The molecule has 0 N–H and O–H groups in total. The standard InChI is InChI=1S/C63H55N3/c1-40-31-42-32-41(2)38-63(37-40,39-42)53-28-25-48(26-29-53)60-64-59(47-22-19-46(20-23-47)50-24-21-45-17-11-12-18-49(45)33-50)65-61(66-60)56-36-52(44-15-9-6-10-16-44)35-55-54-34-51(43-13-7-5-8-14-43)27-30-57(54)62(3,4)58(55)56/h5-30,33-36,40-42H,31-32,37-39H2,1-4H3. The molecule has 2 fully saturated rings. The van der Waals surface area contributed by atoms with Crippen LogP contribution in [0.5, 0.6) is 0 Å². The van der Waals surface area contributed by atoms with Crippen molar-refractivity contribution < 1.29 is 0 Å². The van der Waals surface area contributed by atoms with E-state index in [1.165, 1.54) is 87.4 Å². The first-order valence-corrected chi connectivity index (χ1v) is 24.1. The number of rotatable bonds is 7. The number of nitrogens with zero attached hydrogens (tertiary/aromatic N) is 3. The molecule has 2 saturated carbocycles. The second-order valence-electron chi connectivity index (χ2n) is 20.5. The van der Waals surface area contributed by atoms with Crippen molar-refractivity contribution in [2.75, 3.05) is 0 Å². The number of hydrogen-bond donors (Lipinski definition) is 0. The van der Waals surface area contributed by atoms with Crippen LogP contribution in [-0.2, 0) is 10.8 Å². The Bertz CT molecular complexity index is 3260. The molecule has 0 radical (unpaired) electrons. The average molecular weight is 854 g/mol. The minimum Gasteiger partial charge on any atom is -0.208 e. The lowest BCUT2D eigenvalue weighted by atomic mass is 9.54. The molecular formula is C63H55N3. The van der Waals surface area contributed by atoms with Gasteiger partial charge in [-0.1, -0.05) is 185 Å². The second-order valence-corrected chi connectivity index (χ2v) is 20.5. The van der Waals surface area contributed by atoms with Crippen LogP contribution in [0.4, 0.5) is 0 Å². The van der Waals surface area contributed by atoms with Crippen molar-refractivity contribution in [3.63, 3.8) is 0 Å². The molecule has 9 aromatic rings. The molecule has 0 aliphatic heterocycles. The summed E-state index contributed by atoms with van der Waals surface area (Å²) in [5.41, 5.74) is 16.6. The summed E-state index contributed by atoms with van der Waals surface area (Å²) in [7, 11) is 0. The molecule has 3 heteroatoms. The number of aromatic nitrogens is 3. The highest BCUT2D eigenvalue weighted by molar-refractivity contribution is 5.93. The Labute approximate surface area is 389 Å². The summed E-state index contributed by atoms with van der Waals surface area (Å²) < 4.78 is 0. The Balaban J connectivity index is 1.03. The highest BCUT2D eigenvalue weighted by Gasteiger charge is 2.45. The molecule has 0 amide bonds. The van der Waals surface area contributed by atoms with Crippen LogP contribution in [0.15, 0.2) is 182 Å². The van der Waals surface area contributed by atoms with Crippen molar-refractivity contribution in [3.8, 4) is 78.7 Å². The molecule has 2 atom stereocenters. The maximum atomic E-state index is 5.50. The Hall–Kier alpha value is -6.97. The molecule has 66 heavy (non-hydrogen) atoms. The van der Waals surface area contributed by atoms with E-state index in [-0.39, 0.29) is 10.8 Å². The smallest absolute Gasteiger partial charge is 0.164 e. The molecule has 322 valence electrons. The van der Waals surface area contributed by atoms with E-state index in [0.29, 0.717) is 17.5 Å². The summed E-state index contributed by atoms with van der Waals surface area (Å²) in [6, 6.07) is 66.6. The molecule has 8 aromatic carbocycles. The van der Waals surface area contributed by atoms with Crippen molar-refractivity contribution in [1.29, 1.82) is 0 Å². The molecular weight excluding hydrogens is 799 g/mol. The zero-order valence-electron chi connectivity index (χ0n) is 38.4. The van der Waals surface area contributed by atoms with Gasteiger partial charge in [0, 0.05) is 22.1 Å². The van der Waals surface area contributed by atoms with Crippen molar-refractivity contribution in [2.24, 2.45) is 17.8 Å². The van der Waals surface area contributed by atoms with Gasteiger partial charge in [0.2, 0.25) is 0 Å². The van der Waals surface area contributed by atoms with Gasteiger partial charge in [0.15, 0.2) is 17.5 Å². The molecule has 12 rings (SSSR count). The van der Waals surface area contributed by atoms with Gasteiger partial charge in [0.05, 0.1) is 0 Å². The van der Waals surface area contributed by atoms with E-state index in [2.05, 4.69) is 210 Å². The van der Waals surface area contributed by atoms with Crippen LogP contribution in [0.3, 0.4) is 0 Å². The van der Waals surface area contributed by atoms with Crippen LogP contribution in [0.1, 0.15) is 76.5 Å². The molecule has 1 aromatic heterocycles. The first-order valence-electron chi connectivity index (χ1n) is 24.1. The van der Waals surface area contributed by atoms with Crippen molar-refractivity contribution >= 4 is 10.8 Å². The fraction of sp³-hybridized carbons (Fsp3) is 0.222. The third-order valence-corrected chi connectivity index (χ3v) is 15.4. The Morgan fingerprint density at radius 3 is 1.55 bits per heavy atom. The monoisotopic (exact) mass is 853 g/mol. The van der Waals surface area contributed by atoms with Crippen LogP contribution in [-0.4, -0.2) is 15.0 Å². The normalized spacial score (nSPS) is 20.5. The predicted molar refractivity (Wildman–Crippen MR) is 274 cm³/mol. The van der Waals surface area contributed by atoms with E-state index in [4.69, 9.17) is 15.0 Å². The molecule has 2 unspecified atom stereocenters. The third kappa shape index (κ3) is 7.08. The van der Waals surface area contributed by atoms with Gasteiger partial charge in [-0.15, -0.1) is 0 Å². The van der Waals surface area contributed by atoms with Crippen molar-refractivity contribution in [2.45, 2.75) is 70.6 Å². The van der Waals surface area contributed by atoms with E-state index in [9.17, 15) is 0 Å². The van der Waals surface area contributed by atoms with Gasteiger partial charge in [0.1, 0.15) is 0 Å². The minimum atomic E-state index is -0.314. The first kappa shape index (κ1) is 40.5. The van der Waals surface area contributed by atoms with E-state index >= 15 is 0 Å². The van der Waals surface area contributed by atoms with Crippen molar-refractivity contribution in [3.05, 3.63) is 199 Å². The Morgan fingerprint density at radius 2 is 0.879 bits per heavy atom. The minimum absolute atomic E-state index is 0.250. The molecule has 3 aliphatic rings. The number of hydrogen-bond acceptors (Lipinski definition) is 3. The van der Waals surface area contributed by atoms with E-state index in [1.54, 1.807) is 0 Å². The largest absolute Gasteiger partial charge is 0.208 e. The van der Waals surface area contributed by atoms with E-state index in [1.807, 2.05) is 0 Å². The van der Waals surface area contributed by atoms with Gasteiger partial charge in [-0.05, 0) is 152 Å². The predicted octanol–water partition coefficient (Wildman–Crippen LogP) is 16.4. The SMILES string of the molecule is CC1CC2CC(C)CC(c3ccc(-c4nc(-c5ccc(-c6ccc7ccccc7c6)cc5)nc(-c5cc(-c6ccccc6)cc6c5C(C)(C)c5ccc(-c7ccccc7)cc5-6)n4)cc3)(C1)C2. The zero-order chi connectivity index (χ0) is 44.6. The van der Waals surface area contributed by atoms with Crippen LogP contribution < -0.4 is 0 Å². The van der Waals surface area contributed by atoms with Gasteiger partial charge in [-0.25, -0.2) is 15.0 Å². The molecule has 2 bridgehead atoms. The van der Waals surface area contributed by atoms with Crippen LogP contribution in [0.2, 0.25) is 0 Å². The Kier molecular flexibility index (Phi) is 9.75. The third-order valence-electron chi connectivity index (χ3n) is 15.4. The van der Waals surface area contributed by atoms with E-state index < -0.39 is 0 Å². The maximum Gasteiger partial charge on any atom is 0.164 e. The van der Waals surface area contributed by atoms with Gasteiger partial charge < -0.3 is 0 Å². The summed E-state index contributed by atoms with van der Waals surface area (Å²) in [6.07, 6.45) is 6.60. The molecule has 3 aliphatic carbocycles. The first-order chi connectivity index (χ1) is 32.2. The number of fused-ring (bicyclic) bond motifs is 6. The van der Waals surface area contributed by atoms with Crippen LogP contribution in [0, 0.1) is 17.8 Å². The van der Waals surface area contributed by atoms with Gasteiger partial charge in [-0.3, -0.25) is 0 Å². The molecule has 3 nitrogen and oxygen atoms in total. The maximum absolute atomic E-state index is 5.50. The highest BCUT2D eigenvalue weighted by atomic mass is 15.0. The summed E-state index contributed by atoms with van der Waals surface area (Å²) >= 11 is 0. The second kappa shape index (κ2) is 15.9. The summed E-state index contributed by atoms with van der Waals surface area (Å²) in [5, 5.41) is 2.48. The summed E-state index contributed by atoms with van der Waals surface area (Å²) in [5.74, 6) is 4.40. The van der Waals surface area contributed by atoms with Crippen LogP contribution >= 0.6 is 0 Å². The van der Waals surface area contributed by atoms with Crippen LogP contribution in [0.25, 0.3) is 89.4 Å². The van der Waals surface area contributed by atoms with E-state index in [0.717, 1.165) is 51.1 Å². The van der Waals surface area contributed by atoms with Gasteiger partial charge >= 0.3 is 0 Å². The average Bonchev–Trinajstić information content (AvgIpc) is 3.58. The van der Waals surface area contributed by atoms with Gasteiger partial charge in [0.25, 0.3) is 0 Å². The lowest BCUT2D eigenvalue weighted by Crippen LogP contribution is -2.42. The fourth-order valence-electron chi connectivity index (χ4n) is 12.7. The molecule has 0 spiro atoms. The summed E-state index contributed by atoms with van der Waals surface area (Å²) in [6.45, 7) is 9.67. The zero-order valence-corrected chi connectivity index (χ0v) is 38.4. The van der Waals surface area contributed by atoms with Gasteiger partial charge in [-0.2, -0.15) is 0 Å². The van der Waals surface area contributed by atoms with Crippen molar-refractivity contribution in [1.82, 2.24) is 15.0 Å². The molecule has 0 saturated heterocycles. The lowest BCUT2D eigenvalue weighted by molar-refractivity contribution is 0.0780. The highest BCUT2D eigenvalue weighted by Crippen LogP contribution is 2.56. The quantitative estimate of drug-likeness (QED) is 0.160. The fourth-order valence-corrected chi connectivity index (χ4v) is 12.7. The Morgan fingerprint density at radius 1 is 0.394 bits per heavy atom. The topological polar surface area (TPSA) is 38.7 Å². The molecule has 1 heterocycles. The lowest BCUT2D eigenvalue weighted by Gasteiger charge is -2.50.